The Labute approximate surface area is 109 Å². The van der Waals surface area contributed by atoms with Gasteiger partial charge in [0.1, 0.15) is 11.6 Å². The fraction of sp³-hybridized carbons (Fsp3) is 0.600. The number of rotatable bonds is 7. The SMILES string of the molecule is CCCCC(NCCC)c1cc(C)c(F)cc1F. The van der Waals surface area contributed by atoms with E-state index < -0.39 is 11.6 Å². The van der Waals surface area contributed by atoms with Crippen LogP contribution in [0.5, 0.6) is 0 Å². The molecule has 0 aromatic heterocycles. The molecule has 0 heterocycles. The summed E-state index contributed by atoms with van der Waals surface area (Å²) >= 11 is 0. The van der Waals surface area contributed by atoms with E-state index in [9.17, 15) is 8.78 Å². The lowest BCUT2D eigenvalue weighted by Crippen LogP contribution is -2.23. The molecule has 0 saturated heterocycles. The van der Waals surface area contributed by atoms with Gasteiger partial charge in [-0.3, -0.25) is 0 Å². The number of unbranched alkanes of at least 4 members (excludes halogenated alkanes) is 1. The summed E-state index contributed by atoms with van der Waals surface area (Å²) in [7, 11) is 0. The van der Waals surface area contributed by atoms with Crippen molar-refractivity contribution in [1.29, 1.82) is 0 Å². The Morgan fingerprint density at radius 3 is 2.44 bits per heavy atom. The highest BCUT2D eigenvalue weighted by Gasteiger charge is 2.16. The maximum atomic E-state index is 13.9. The van der Waals surface area contributed by atoms with Crippen molar-refractivity contribution in [3.63, 3.8) is 0 Å². The van der Waals surface area contributed by atoms with Gasteiger partial charge in [0.15, 0.2) is 0 Å². The number of nitrogens with one attached hydrogen (secondary N) is 1. The van der Waals surface area contributed by atoms with E-state index in [0.717, 1.165) is 38.3 Å². The molecule has 0 aliphatic heterocycles. The normalized spacial score (nSPS) is 12.7. The maximum Gasteiger partial charge on any atom is 0.130 e. The first kappa shape index (κ1) is 15.1. The summed E-state index contributed by atoms with van der Waals surface area (Å²) in [4.78, 5) is 0. The molecule has 0 saturated carbocycles. The van der Waals surface area contributed by atoms with Crippen molar-refractivity contribution >= 4 is 0 Å². The number of hydrogen-bond acceptors (Lipinski definition) is 1. The Bertz CT molecular complexity index is 369. The molecule has 0 amide bonds. The van der Waals surface area contributed by atoms with Crippen molar-refractivity contribution < 1.29 is 8.78 Å². The van der Waals surface area contributed by atoms with E-state index in [-0.39, 0.29) is 6.04 Å². The molecule has 1 aromatic carbocycles. The summed E-state index contributed by atoms with van der Waals surface area (Å²) in [5.74, 6) is -0.913. The molecular formula is C15H23F2N. The fourth-order valence-electron chi connectivity index (χ4n) is 2.04. The molecule has 1 unspecified atom stereocenters. The average Bonchev–Trinajstić information content (AvgIpc) is 2.35. The average molecular weight is 255 g/mol. The Morgan fingerprint density at radius 2 is 1.83 bits per heavy atom. The summed E-state index contributed by atoms with van der Waals surface area (Å²) in [5, 5.41) is 3.35. The van der Waals surface area contributed by atoms with Crippen LogP contribution in [0.3, 0.4) is 0 Å². The van der Waals surface area contributed by atoms with Crippen molar-refractivity contribution in [1.82, 2.24) is 5.32 Å². The van der Waals surface area contributed by atoms with Gasteiger partial charge in [0, 0.05) is 17.7 Å². The molecule has 0 fully saturated rings. The van der Waals surface area contributed by atoms with Gasteiger partial charge < -0.3 is 5.32 Å². The summed E-state index contributed by atoms with van der Waals surface area (Å²) < 4.78 is 27.1. The molecule has 18 heavy (non-hydrogen) atoms. The summed E-state index contributed by atoms with van der Waals surface area (Å²) in [5.41, 5.74) is 1.10. The van der Waals surface area contributed by atoms with E-state index in [4.69, 9.17) is 0 Å². The summed E-state index contributed by atoms with van der Waals surface area (Å²) in [6.45, 7) is 6.72. The minimum Gasteiger partial charge on any atom is -0.310 e. The lowest BCUT2D eigenvalue weighted by molar-refractivity contribution is 0.455. The topological polar surface area (TPSA) is 12.0 Å². The highest BCUT2D eigenvalue weighted by molar-refractivity contribution is 5.28. The van der Waals surface area contributed by atoms with Gasteiger partial charge in [0.2, 0.25) is 0 Å². The third kappa shape index (κ3) is 4.05. The van der Waals surface area contributed by atoms with Crippen LogP contribution < -0.4 is 5.32 Å². The van der Waals surface area contributed by atoms with Gasteiger partial charge in [-0.15, -0.1) is 0 Å². The van der Waals surface area contributed by atoms with Gasteiger partial charge in [0.25, 0.3) is 0 Å². The quantitative estimate of drug-likeness (QED) is 0.756. The maximum absolute atomic E-state index is 13.9. The highest BCUT2D eigenvalue weighted by Crippen LogP contribution is 2.24. The first-order chi connectivity index (χ1) is 8.60. The van der Waals surface area contributed by atoms with Crippen LogP contribution in [0.15, 0.2) is 12.1 Å². The lowest BCUT2D eigenvalue weighted by Gasteiger charge is -2.20. The van der Waals surface area contributed by atoms with E-state index in [1.54, 1.807) is 13.0 Å². The van der Waals surface area contributed by atoms with Crippen LogP contribution in [0.4, 0.5) is 8.78 Å². The fourth-order valence-corrected chi connectivity index (χ4v) is 2.04. The first-order valence-corrected chi connectivity index (χ1v) is 6.79. The van der Waals surface area contributed by atoms with Crippen LogP contribution >= 0.6 is 0 Å². The minimum absolute atomic E-state index is 0.0100. The van der Waals surface area contributed by atoms with Crippen molar-refractivity contribution in [2.45, 2.75) is 52.5 Å². The molecule has 1 atom stereocenters. The zero-order valence-electron chi connectivity index (χ0n) is 11.5. The molecule has 0 bridgehead atoms. The lowest BCUT2D eigenvalue weighted by atomic mass is 9.98. The van der Waals surface area contributed by atoms with Crippen LogP contribution in [0, 0.1) is 18.6 Å². The second-order valence-electron chi connectivity index (χ2n) is 4.77. The van der Waals surface area contributed by atoms with E-state index in [1.165, 1.54) is 0 Å². The molecule has 0 aliphatic rings. The Kier molecular flexibility index (Phi) is 6.27. The highest BCUT2D eigenvalue weighted by atomic mass is 19.1. The van der Waals surface area contributed by atoms with Gasteiger partial charge in [-0.25, -0.2) is 8.78 Å². The van der Waals surface area contributed by atoms with Gasteiger partial charge in [-0.2, -0.15) is 0 Å². The van der Waals surface area contributed by atoms with E-state index >= 15 is 0 Å². The summed E-state index contributed by atoms with van der Waals surface area (Å²) in [6.07, 6.45) is 4.01. The van der Waals surface area contributed by atoms with Crippen LogP contribution in [-0.4, -0.2) is 6.54 Å². The van der Waals surface area contributed by atoms with Crippen LogP contribution in [0.2, 0.25) is 0 Å². The number of aryl methyl sites for hydroxylation is 1. The van der Waals surface area contributed by atoms with Gasteiger partial charge >= 0.3 is 0 Å². The molecule has 0 aliphatic carbocycles. The second kappa shape index (κ2) is 7.47. The molecule has 0 spiro atoms. The number of benzene rings is 1. The third-order valence-electron chi connectivity index (χ3n) is 3.14. The molecule has 1 rings (SSSR count). The monoisotopic (exact) mass is 255 g/mol. The summed E-state index contributed by atoms with van der Waals surface area (Å²) in [6, 6.07) is 2.62. The molecule has 1 aromatic rings. The zero-order valence-corrected chi connectivity index (χ0v) is 11.5. The molecule has 1 nitrogen and oxygen atoms in total. The van der Waals surface area contributed by atoms with Crippen molar-refractivity contribution in [3.8, 4) is 0 Å². The van der Waals surface area contributed by atoms with Gasteiger partial charge in [-0.1, -0.05) is 26.7 Å². The van der Waals surface area contributed by atoms with E-state index in [0.29, 0.717) is 11.1 Å². The van der Waals surface area contributed by atoms with E-state index in [2.05, 4.69) is 19.2 Å². The number of hydrogen-bond donors (Lipinski definition) is 1. The van der Waals surface area contributed by atoms with Crippen LogP contribution in [0.1, 0.15) is 56.7 Å². The Balaban J connectivity index is 2.92. The van der Waals surface area contributed by atoms with Gasteiger partial charge in [-0.05, 0) is 37.9 Å². The van der Waals surface area contributed by atoms with E-state index in [1.807, 2.05) is 0 Å². The van der Waals surface area contributed by atoms with Crippen LogP contribution in [0.25, 0.3) is 0 Å². The first-order valence-electron chi connectivity index (χ1n) is 6.79. The second-order valence-corrected chi connectivity index (χ2v) is 4.77. The minimum atomic E-state index is -0.471. The molecule has 1 N–H and O–H groups in total. The van der Waals surface area contributed by atoms with Crippen molar-refractivity contribution in [3.05, 3.63) is 34.9 Å². The standard InChI is InChI=1S/C15H23F2N/c1-4-6-7-15(18-8-5-2)12-9-11(3)13(16)10-14(12)17/h9-10,15,18H,4-8H2,1-3H3. The Morgan fingerprint density at radius 1 is 1.11 bits per heavy atom. The smallest absolute Gasteiger partial charge is 0.130 e. The molecule has 3 heteroatoms. The van der Waals surface area contributed by atoms with Crippen LogP contribution in [-0.2, 0) is 0 Å². The third-order valence-corrected chi connectivity index (χ3v) is 3.14. The zero-order chi connectivity index (χ0) is 13.5. The Hall–Kier alpha value is -0.960. The van der Waals surface area contributed by atoms with Gasteiger partial charge in [0.05, 0.1) is 0 Å². The predicted octanol–water partition coefficient (Wildman–Crippen LogP) is 4.50. The molecule has 102 valence electrons. The van der Waals surface area contributed by atoms with Crippen molar-refractivity contribution in [2.75, 3.05) is 6.54 Å². The predicted molar refractivity (Wildman–Crippen MR) is 71.7 cm³/mol. The number of halogens is 2. The molecule has 0 radical (unpaired) electrons. The largest absolute Gasteiger partial charge is 0.310 e. The van der Waals surface area contributed by atoms with Crippen molar-refractivity contribution in [2.24, 2.45) is 0 Å². The molecular weight excluding hydrogens is 232 g/mol.